The molecule has 1 aromatic carbocycles. The van der Waals surface area contributed by atoms with E-state index in [2.05, 4.69) is 32.3 Å². The van der Waals surface area contributed by atoms with Crippen LogP contribution in [0.5, 0.6) is 0 Å². The molecule has 2 rings (SSSR count). The molecule has 0 spiro atoms. The molecule has 0 amide bonds. The zero-order valence-corrected chi connectivity index (χ0v) is 17.0. The summed E-state index contributed by atoms with van der Waals surface area (Å²) in [6.45, 7) is 3.26. The molecule has 0 aliphatic carbocycles. The SMILES string of the molecule is CCc1cnc(CNC(=NC)NCCNS(=O)(=O)c2cccc(Cl)c2)s1. The number of rotatable bonds is 8. The summed E-state index contributed by atoms with van der Waals surface area (Å²) in [7, 11) is -1.93. The van der Waals surface area contributed by atoms with E-state index in [0.29, 0.717) is 24.1 Å². The molecule has 10 heteroatoms. The Bertz CT molecular complexity index is 852. The fourth-order valence-electron chi connectivity index (χ4n) is 2.06. The lowest BCUT2D eigenvalue weighted by Crippen LogP contribution is -2.41. The molecule has 2 aromatic rings. The molecule has 26 heavy (non-hydrogen) atoms. The molecule has 0 atom stereocenters. The second-order valence-electron chi connectivity index (χ2n) is 5.28. The summed E-state index contributed by atoms with van der Waals surface area (Å²) in [6.07, 6.45) is 2.85. The second-order valence-corrected chi connectivity index (χ2v) is 8.68. The fourth-order valence-corrected chi connectivity index (χ4v) is 4.19. The third-order valence-electron chi connectivity index (χ3n) is 3.40. The van der Waals surface area contributed by atoms with Crippen molar-refractivity contribution in [1.82, 2.24) is 20.3 Å². The maximum Gasteiger partial charge on any atom is 0.240 e. The first kappa shape index (κ1) is 20.6. The van der Waals surface area contributed by atoms with Crippen molar-refractivity contribution in [2.75, 3.05) is 20.1 Å². The number of aryl methyl sites for hydroxylation is 1. The van der Waals surface area contributed by atoms with Crippen molar-refractivity contribution < 1.29 is 8.42 Å². The molecule has 0 saturated carbocycles. The lowest BCUT2D eigenvalue weighted by molar-refractivity contribution is 0.580. The van der Waals surface area contributed by atoms with Gasteiger partial charge in [0, 0.05) is 36.2 Å². The largest absolute Gasteiger partial charge is 0.355 e. The van der Waals surface area contributed by atoms with Crippen LogP contribution < -0.4 is 15.4 Å². The first-order valence-corrected chi connectivity index (χ1v) is 10.8. The number of nitrogens with zero attached hydrogens (tertiary/aromatic N) is 2. The van der Waals surface area contributed by atoms with Gasteiger partial charge >= 0.3 is 0 Å². The molecule has 142 valence electrons. The average Bonchev–Trinajstić information content (AvgIpc) is 3.09. The molecule has 1 heterocycles. The van der Waals surface area contributed by atoms with Crippen LogP contribution in [0.25, 0.3) is 0 Å². The minimum absolute atomic E-state index is 0.142. The van der Waals surface area contributed by atoms with Crippen LogP contribution in [0, 0.1) is 0 Å². The van der Waals surface area contributed by atoms with Crippen LogP contribution in [0.2, 0.25) is 5.02 Å². The van der Waals surface area contributed by atoms with Crippen molar-refractivity contribution in [1.29, 1.82) is 0 Å². The average molecular weight is 416 g/mol. The number of nitrogens with one attached hydrogen (secondary N) is 3. The highest BCUT2D eigenvalue weighted by molar-refractivity contribution is 7.89. The van der Waals surface area contributed by atoms with Crippen LogP contribution in [0.1, 0.15) is 16.8 Å². The normalized spacial score (nSPS) is 12.2. The Morgan fingerprint density at radius 1 is 1.31 bits per heavy atom. The zero-order chi connectivity index (χ0) is 19.0. The summed E-state index contributed by atoms with van der Waals surface area (Å²) >= 11 is 7.49. The van der Waals surface area contributed by atoms with Crippen LogP contribution in [0.15, 0.2) is 40.4 Å². The standard InChI is InChI=1S/C16H22ClN5O2S2/c1-3-13-10-20-15(25-13)11-21-16(18-2)19-7-8-22-26(23,24)14-6-4-5-12(17)9-14/h4-6,9-10,22H,3,7-8,11H2,1-2H3,(H2,18,19,21). The van der Waals surface area contributed by atoms with Gasteiger partial charge in [-0.2, -0.15) is 0 Å². The third-order valence-corrected chi connectivity index (χ3v) is 6.23. The number of thiazole rings is 1. The van der Waals surface area contributed by atoms with Crippen LogP contribution >= 0.6 is 22.9 Å². The Kier molecular flexibility index (Phi) is 7.83. The van der Waals surface area contributed by atoms with Crippen LogP contribution in [-0.4, -0.2) is 39.5 Å². The molecule has 0 aliphatic rings. The predicted molar refractivity (Wildman–Crippen MR) is 106 cm³/mol. The van der Waals surface area contributed by atoms with Gasteiger partial charge in [0.1, 0.15) is 5.01 Å². The van der Waals surface area contributed by atoms with E-state index in [0.717, 1.165) is 11.4 Å². The number of aliphatic imine (C=N–C) groups is 1. The number of guanidine groups is 1. The minimum Gasteiger partial charge on any atom is -0.355 e. The highest BCUT2D eigenvalue weighted by Crippen LogP contribution is 2.15. The number of hydrogen-bond acceptors (Lipinski definition) is 5. The zero-order valence-electron chi connectivity index (χ0n) is 14.6. The summed E-state index contributed by atoms with van der Waals surface area (Å²) in [5.41, 5.74) is 0. The van der Waals surface area contributed by atoms with Crippen molar-refractivity contribution >= 4 is 38.9 Å². The van der Waals surface area contributed by atoms with E-state index in [4.69, 9.17) is 11.6 Å². The van der Waals surface area contributed by atoms with E-state index in [1.807, 2.05) is 6.20 Å². The fraction of sp³-hybridized carbons (Fsp3) is 0.375. The van der Waals surface area contributed by atoms with Crippen molar-refractivity contribution in [3.63, 3.8) is 0 Å². The number of hydrogen-bond donors (Lipinski definition) is 3. The van der Waals surface area contributed by atoms with E-state index < -0.39 is 10.0 Å². The predicted octanol–water partition coefficient (Wildman–Crippen LogP) is 2.00. The van der Waals surface area contributed by atoms with Gasteiger partial charge in [0.2, 0.25) is 10.0 Å². The van der Waals surface area contributed by atoms with Gasteiger partial charge in [0.25, 0.3) is 0 Å². The number of aromatic nitrogens is 1. The summed E-state index contributed by atoms with van der Waals surface area (Å²) in [4.78, 5) is 9.82. The van der Waals surface area contributed by atoms with Gasteiger partial charge in [-0.15, -0.1) is 11.3 Å². The number of benzene rings is 1. The van der Waals surface area contributed by atoms with Gasteiger partial charge in [-0.25, -0.2) is 18.1 Å². The van der Waals surface area contributed by atoms with Crippen molar-refractivity contribution in [2.24, 2.45) is 4.99 Å². The molecule has 0 bridgehead atoms. The lowest BCUT2D eigenvalue weighted by atomic mass is 10.4. The Morgan fingerprint density at radius 3 is 2.77 bits per heavy atom. The summed E-state index contributed by atoms with van der Waals surface area (Å²) in [6, 6.07) is 6.14. The number of sulfonamides is 1. The molecular weight excluding hydrogens is 394 g/mol. The molecule has 0 aliphatic heterocycles. The molecule has 1 aromatic heterocycles. The van der Waals surface area contributed by atoms with E-state index in [-0.39, 0.29) is 11.4 Å². The van der Waals surface area contributed by atoms with Crippen LogP contribution in [-0.2, 0) is 23.0 Å². The summed E-state index contributed by atoms with van der Waals surface area (Å²) < 4.78 is 26.9. The summed E-state index contributed by atoms with van der Waals surface area (Å²) in [5, 5.41) is 7.57. The Balaban J connectivity index is 1.76. The quantitative estimate of drug-likeness (QED) is 0.348. The highest BCUT2D eigenvalue weighted by atomic mass is 35.5. The summed E-state index contributed by atoms with van der Waals surface area (Å²) in [5.74, 6) is 0.584. The first-order valence-electron chi connectivity index (χ1n) is 8.08. The van der Waals surface area contributed by atoms with Gasteiger partial charge < -0.3 is 10.6 Å². The van der Waals surface area contributed by atoms with Crippen molar-refractivity contribution in [3.8, 4) is 0 Å². The van der Waals surface area contributed by atoms with Gasteiger partial charge in [-0.05, 0) is 24.6 Å². The smallest absolute Gasteiger partial charge is 0.240 e. The lowest BCUT2D eigenvalue weighted by Gasteiger charge is -2.12. The van der Waals surface area contributed by atoms with Crippen LogP contribution in [0.4, 0.5) is 0 Å². The molecule has 3 N–H and O–H groups in total. The van der Waals surface area contributed by atoms with E-state index in [1.165, 1.54) is 17.0 Å². The van der Waals surface area contributed by atoms with E-state index >= 15 is 0 Å². The second kappa shape index (κ2) is 9.86. The molecule has 0 unspecified atom stereocenters. The Labute approximate surface area is 163 Å². The maximum absolute atomic E-state index is 12.2. The molecule has 0 radical (unpaired) electrons. The maximum atomic E-state index is 12.2. The van der Waals surface area contributed by atoms with E-state index in [9.17, 15) is 8.42 Å². The minimum atomic E-state index is -3.59. The highest BCUT2D eigenvalue weighted by Gasteiger charge is 2.13. The first-order chi connectivity index (χ1) is 12.4. The van der Waals surface area contributed by atoms with Crippen molar-refractivity contribution in [2.45, 2.75) is 24.8 Å². The van der Waals surface area contributed by atoms with Gasteiger partial charge in [0.15, 0.2) is 5.96 Å². The Hall–Kier alpha value is -1.68. The van der Waals surface area contributed by atoms with Crippen molar-refractivity contribution in [3.05, 3.63) is 45.4 Å². The third kappa shape index (κ3) is 6.24. The molecular formula is C16H22ClN5O2S2. The molecule has 0 fully saturated rings. The molecule has 0 saturated heterocycles. The van der Waals surface area contributed by atoms with Crippen LogP contribution in [0.3, 0.4) is 0 Å². The molecule has 7 nitrogen and oxygen atoms in total. The van der Waals surface area contributed by atoms with Gasteiger partial charge in [0.05, 0.1) is 11.4 Å². The van der Waals surface area contributed by atoms with Gasteiger partial charge in [-0.1, -0.05) is 24.6 Å². The van der Waals surface area contributed by atoms with Gasteiger partial charge in [-0.3, -0.25) is 4.99 Å². The number of halogens is 1. The topological polar surface area (TPSA) is 95.5 Å². The Morgan fingerprint density at radius 2 is 2.12 bits per heavy atom. The monoisotopic (exact) mass is 415 g/mol. The van der Waals surface area contributed by atoms with E-state index in [1.54, 1.807) is 30.5 Å².